The summed E-state index contributed by atoms with van der Waals surface area (Å²) in [5, 5.41) is 0. The summed E-state index contributed by atoms with van der Waals surface area (Å²) < 4.78 is 0. The molecule has 2 aliphatic rings. The van der Waals surface area contributed by atoms with Gasteiger partial charge in [0.05, 0.1) is 0 Å². The van der Waals surface area contributed by atoms with Crippen LogP contribution in [0.3, 0.4) is 0 Å². The molecule has 0 N–H and O–H groups in total. The lowest BCUT2D eigenvalue weighted by Crippen LogP contribution is -2.44. The normalized spacial score (nSPS) is 24.0. The second-order valence-corrected chi connectivity index (χ2v) is 7.19. The van der Waals surface area contributed by atoms with Crippen molar-refractivity contribution in [3.05, 3.63) is 30.1 Å². The Morgan fingerprint density at radius 2 is 2.17 bits per heavy atom. The summed E-state index contributed by atoms with van der Waals surface area (Å²) in [7, 11) is 0. The Hall–Kier alpha value is -1.42. The van der Waals surface area contributed by atoms with Crippen LogP contribution in [0.5, 0.6) is 0 Å². The Labute approximate surface area is 139 Å². The van der Waals surface area contributed by atoms with Crippen molar-refractivity contribution in [1.82, 2.24) is 14.8 Å². The predicted octanol–water partition coefficient (Wildman–Crippen LogP) is 3.23. The molecule has 1 saturated carbocycles. The highest BCUT2D eigenvalue weighted by Crippen LogP contribution is 2.43. The number of amides is 1. The molecule has 1 saturated heterocycles. The third-order valence-electron chi connectivity index (χ3n) is 5.78. The van der Waals surface area contributed by atoms with Crippen LogP contribution in [0.1, 0.15) is 57.9 Å². The van der Waals surface area contributed by atoms with Gasteiger partial charge in [0, 0.05) is 50.5 Å². The molecule has 23 heavy (non-hydrogen) atoms. The van der Waals surface area contributed by atoms with Gasteiger partial charge < -0.3 is 4.90 Å². The second kappa shape index (κ2) is 7.00. The molecule has 0 bridgehead atoms. The molecule has 1 atom stereocenters. The molecule has 0 aromatic carbocycles. The van der Waals surface area contributed by atoms with E-state index in [1.54, 1.807) is 6.92 Å². The van der Waals surface area contributed by atoms with Crippen LogP contribution in [-0.2, 0) is 11.3 Å². The standard InChI is InChI=1S/C19H29N3O/c1-3-22(16(2)23)18-12-19(9-5-4-6-10-19)21(15-18)14-17-8-7-11-20-13-17/h7-8,11,13,18H,3-6,9-10,12,14-15H2,1-2H3/t18-/m1/s1. The Kier molecular flexibility index (Phi) is 5.00. The lowest BCUT2D eigenvalue weighted by molar-refractivity contribution is -0.130. The van der Waals surface area contributed by atoms with Crippen molar-refractivity contribution in [3.63, 3.8) is 0 Å². The van der Waals surface area contributed by atoms with E-state index in [-0.39, 0.29) is 5.91 Å². The SMILES string of the molecule is CCN(C(C)=O)[C@H]1CN(Cc2cccnc2)C2(CCCCC2)C1. The predicted molar refractivity (Wildman–Crippen MR) is 91.9 cm³/mol. The summed E-state index contributed by atoms with van der Waals surface area (Å²) in [6.45, 7) is 6.58. The van der Waals surface area contributed by atoms with Gasteiger partial charge in [-0.2, -0.15) is 0 Å². The molecule has 2 heterocycles. The molecular formula is C19H29N3O. The fourth-order valence-corrected chi connectivity index (χ4v) is 4.70. The Balaban J connectivity index is 1.81. The fourth-order valence-electron chi connectivity index (χ4n) is 4.70. The minimum absolute atomic E-state index is 0.215. The van der Waals surface area contributed by atoms with Gasteiger partial charge in [0.2, 0.25) is 5.91 Å². The summed E-state index contributed by atoms with van der Waals surface area (Å²) in [6, 6.07) is 4.55. The molecule has 4 heteroatoms. The van der Waals surface area contributed by atoms with E-state index >= 15 is 0 Å². The van der Waals surface area contributed by atoms with Crippen LogP contribution in [-0.4, -0.2) is 45.4 Å². The third kappa shape index (κ3) is 3.42. The maximum atomic E-state index is 12.0. The van der Waals surface area contributed by atoms with Crippen molar-refractivity contribution < 1.29 is 4.79 Å². The molecule has 1 aromatic rings. The van der Waals surface area contributed by atoms with E-state index in [1.807, 2.05) is 18.5 Å². The van der Waals surface area contributed by atoms with Gasteiger partial charge in [-0.15, -0.1) is 0 Å². The summed E-state index contributed by atoms with van der Waals surface area (Å²) in [4.78, 5) is 21.0. The Morgan fingerprint density at radius 3 is 2.78 bits per heavy atom. The van der Waals surface area contributed by atoms with Crippen molar-refractivity contribution in [2.24, 2.45) is 0 Å². The van der Waals surface area contributed by atoms with E-state index in [4.69, 9.17) is 0 Å². The number of carbonyl (C=O) groups excluding carboxylic acids is 1. The lowest BCUT2D eigenvalue weighted by atomic mass is 9.79. The number of hydrogen-bond acceptors (Lipinski definition) is 3. The van der Waals surface area contributed by atoms with E-state index in [9.17, 15) is 4.79 Å². The summed E-state index contributed by atoms with van der Waals surface area (Å²) >= 11 is 0. The van der Waals surface area contributed by atoms with Gasteiger partial charge in [-0.25, -0.2) is 0 Å². The molecule has 1 aliphatic carbocycles. The fraction of sp³-hybridized carbons (Fsp3) is 0.684. The first-order chi connectivity index (χ1) is 11.1. The zero-order valence-corrected chi connectivity index (χ0v) is 14.5. The monoisotopic (exact) mass is 315 g/mol. The van der Waals surface area contributed by atoms with Gasteiger partial charge in [0.25, 0.3) is 0 Å². The topological polar surface area (TPSA) is 36.4 Å². The van der Waals surface area contributed by atoms with Crippen LogP contribution in [0.2, 0.25) is 0 Å². The molecular weight excluding hydrogens is 286 g/mol. The lowest BCUT2D eigenvalue weighted by Gasteiger charge is -2.41. The first-order valence-corrected chi connectivity index (χ1v) is 9.06. The van der Waals surface area contributed by atoms with Crippen LogP contribution in [0.25, 0.3) is 0 Å². The quantitative estimate of drug-likeness (QED) is 0.856. The number of aromatic nitrogens is 1. The zero-order valence-electron chi connectivity index (χ0n) is 14.5. The first kappa shape index (κ1) is 16.4. The number of hydrogen-bond donors (Lipinski definition) is 0. The summed E-state index contributed by atoms with van der Waals surface area (Å²) in [5.74, 6) is 0.215. The molecule has 2 fully saturated rings. The molecule has 0 unspecified atom stereocenters. The maximum Gasteiger partial charge on any atom is 0.219 e. The van der Waals surface area contributed by atoms with Crippen LogP contribution in [0.15, 0.2) is 24.5 Å². The average molecular weight is 315 g/mol. The van der Waals surface area contributed by atoms with Crippen LogP contribution in [0.4, 0.5) is 0 Å². The number of carbonyl (C=O) groups is 1. The van der Waals surface area contributed by atoms with Gasteiger partial charge >= 0.3 is 0 Å². The van der Waals surface area contributed by atoms with Crippen molar-refractivity contribution >= 4 is 5.91 Å². The number of pyridine rings is 1. The van der Waals surface area contributed by atoms with Crippen molar-refractivity contribution in [3.8, 4) is 0 Å². The molecule has 1 amide bonds. The number of likely N-dealkylation sites (N-methyl/N-ethyl adjacent to an activating group) is 1. The largest absolute Gasteiger partial charge is 0.339 e. The minimum Gasteiger partial charge on any atom is -0.339 e. The highest BCUT2D eigenvalue weighted by atomic mass is 16.2. The third-order valence-corrected chi connectivity index (χ3v) is 5.78. The molecule has 126 valence electrons. The van der Waals surface area contributed by atoms with E-state index in [0.717, 1.165) is 26.1 Å². The molecule has 4 nitrogen and oxygen atoms in total. The van der Waals surface area contributed by atoms with Gasteiger partial charge in [0.15, 0.2) is 0 Å². The zero-order chi connectivity index (χ0) is 16.3. The first-order valence-electron chi connectivity index (χ1n) is 9.06. The van der Waals surface area contributed by atoms with Crippen LogP contribution < -0.4 is 0 Å². The smallest absolute Gasteiger partial charge is 0.219 e. The molecule has 3 rings (SSSR count). The second-order valence-electron chi connectivity index (χ2n) is 7.19. The van der Waals surface area contributed by atoms with Crippen molar-refractivity contribution in [1.29, 1.82) is 0 Å². The molecule has 0 radical (unpaired) electrons. The maximum absolute atomic E-state index is 12.0. The van der Waals surface area contributed by atoms with E-state index in [2.05, 4.69) is 27.8 Å². The van der Waals surface area contributed by atoms with E-state index < -0.39 is 0 Å². The Bertz CT molecular complexity index is 525. The van der Waals surface area contributed by atoms with E-state index in [1.165, 1.54) is 37.7 Å². The van der Waals surface area contributed by atoms with Crippen molar-refractivity contribution in [2.45, 2.75) is 70.5 Å². The van der Waals surface area contributed by atoms with Gasteiger partial charge in [0.1, 0.15) is 0 Å². The minimum atomic E-state index is 0.215. The molecule has 1 spiro atoms. The van der Waals surface area contributed by atoms with Crippen LogP contribution in [0, 0.1) is 0 Å². The molecule has 1 aromatic heterocycles. The van der Waals surface area contributed by atoms with Gasteiger partial charge in [-0.1, -0.05) is 25.3 Å². The van der Waals surface area contributed by atoms with Gasteiger partial charge in [-0.05, 0) is 37.8 Å². The summed E-state index contributed by atoms with van der Waals surface area (Å²) in [5.41, 5.74) is 1.57. The highest BCUT2D eigenvalue weighted by Gasteiger charge is 2.47. The average Bonchev–Trinajstić information content (AvgIpc) is 2.87. The number of rotatable bonds is 4. The van der Waals surface area contributed by atoms with Gasteiger partial charge in [-0.3, -0.25) is 14.7 Å². The van der Waals surface area contributed by atoms with E-state index in [0.29, 0.717) is 11.6 Å². The molecule has 1 aliphatic heterocycles. The highest BCUT2D eigenvalue weighted by molar-refractivity contribution is 5.73. The summed E-state index contributed by atoms with van der Waals surface area (Å²) in [6.07, 6.45) is 11.5. The van der Waals surface area contributed by atoms with Crippen molar-refractivity contribution in [2.75, 3.05) is 13.1 Å². The number of likely N-dealkylation sites (tertiary alicyclic amines) is 1. The van der Waals surface area contributed by atoms with Crippen LogP contribution >= 0.6 is 0 Å². The Morgan fingerprint density at radius 1 is 1.39 bits per heavy atom. The number of nitrogens with zero attached hydrogens (tertiary/aromatic N) is 3.